The van der Waals surface area contributed by atoms with Gasteiger partial charge in [0.25, 0.3) is 0 Å². The summed E-state index contributed by atoms with van der Waals surface area (Å²) in [5.41, 5.74) is 0. The van der Waals surface area contributed by atoms with Gasteiger partial charge >= 0.3 is 6.48 Å². The van der Waals surface area contributed by atoms with Crippen molar-refractivity contribution in [1.29, 1.82) is 0 Å². The number of hydrogen-bond donors (Lipinski definition) is 0. The van der Waals surface area contributed by atoms with Crippen molar-refractivity contribution in [2.45, 2.75) is 20.3 Å². The fourth-order valence-corrected chi connectivity index (χ4v) is 1.14. The Hall–Kier alpha value is -0.770. The first-order valence-corrected chi connectivity index (χ1v) is 5.29. The number of benzene rings is 1. The summed E-state index contributed by atoms with van der Waals surface area (Å²) in [7, 11) is 0. The largest absolute Gasteiger partial charge is 0.441 e. The van der Waals surface area contributed by atoms with Crippen LogP contribution in [0.5, 0.6) is 5.75 Å². The van der Waals surface area contributed by atoms with Crippen LogP contribution < -0.4 is 4.74 Å². The molecule has 0 fully saturated rings. The molecule has 1 aromatic carbocycles. The van der Waals surface area contributed by atoms with E-state index in [-0.39, 0.29) is 0 Å². The summed E-state index contributed by atoms with van der Waals surface area (Å²) >= 11 is 5.75. The second kappa shape index (κ2) is 6.67. The molecule has 15 heavy (non-hydrogen) atoms. The van der Waals surface area contributed by atoms with Crippen molar-refractivity contribution in [1.82, 2.24) is 0 Å². The summed E-state index contributed by atoms with van der Waals surface area (Å²) in [4.78, 5) is 0. The van der Waals surface area contributed by atoms with Crippen molar-refractivity contribution in [3.8, 4) is 5.75 Å². The third-order valence-corrected chi connectivity index (χ3v) is 1.90. The topological polar surface area (TPSA) is 27.7 Å². The predicted molar refractivity (Wildman–Crippen MR) is 59.1 cm³/mol. The summed E-state index contributed by atoms with van der Waals surface area (Å²) in [6, 6.07) is 7.05. The minimum absolute atomic E-state index is 0.540. The van der Waals surface area contributed by atoms with Gasteiger partial charge in [0, 0.05) is 5.02 Å². The molecule has 0 N–H and O–H groups in total. The van der Waals surface area contributed by atoms with Gasteiger partial charge < -0.3 is 14.2 Å². The summed E-state index contributed by atoms with van der Waals surface area (Å²) < 4.78 is 15.9. The Morgan fingerprint density at radius 1 is 1.07 bits per heavy atom. The SMILES string of the molecule is CCOC(OCC)Oc1ccc(Cl)cc1. The van der Waals surface area contributed by atoms with Crippen LogP contribution in [-0.2, 0) is 9.47 Å². The lowest BCUT2D eigenvalue weighted by atomic mass is 10.3. The first-order chi connectivity index (χ1) is 7.26. The van der Waals surface area contributed by atoms with Gasteiger partial charge in [0.2, 0.25) is 0 Å². The van der Waals surface area contributed by atoms with Gasteiger partial charge in [-0.3, -0.25) is 0 Å². The highest BCUT2D eigenvalue weighted by Crippen LogP contribution is 2.17. The van der Waals surface area contributed by atoms with Crippen molar-refractivity contribution < 1.29 is 14.2 Å². The maximum absolute atomic E-state index is 5.75. The van der Waals surface area contributed by atoms with Crippen LogP contribution >= 0.6 is 11.6 Å². The molecule has 0 saturated heterocycles. The molecule has 0 aliphatic heterocycles. The van der Waals surface area contributed by atoms with Crippen LogP contribution in [-0.4, -0.2) is 19.7 Å². The molecule has 0 unspecified atom stereocenters. The van der Waals surface area contributed by atoms with Crippen LogP contribution in [0.3, 0.4) is 0 Å². The van der Waals surface area contributed by atoms with Gasteiger partial charge in [0.1, 0.15) is 5.75 Å². The van der Waals surface area contributed by atoms with E-state index in [0.29, 0.717) is 24.0 Å². The molecule has 0 aliphatic carbocycles. The van der Waals surface area contributed by atoms with E-state index in [1.54, 1.807) is 24.3 Å². The third-order valence-electron chi connectivity index (χ3n) is 1.65. The number of halogens is 1. The van der Waals surface area contributed by atoms with E-state index in [1.807, 2.05) is 13.8 Å². The molecule has 0 radical (unpaired) electrons. The first kappa shape index (κ1) is 12.3. The Kier molecular flexibility index (Phi) is 5.47. The quantitative estimate of drug-likeness (QED) is 0.703. The van der Waals surface area contributed by atoms with Crippen LogP contribution in [0.25, 0.3) is 0 Å². The van der Waals surface area contributed by atoms with Crippen LogP contribution in [0, 0.1) is 0 Å². The molecule has 1 aromatic rings. The normalized spacial score (nSPS) is 10.7. The average molecular weight is 231 g/mol. The average Bonchev–Trinajstić information content (AvgIpc) is 2.22. The second-order valence-electron chi connectivity index (χ2n) is 2.77. The van der Waals surface area contributed by atoms with Gasteiger partial charge in [0.05, 0.1) is 13.2 Å². The maximum atomic E-state index is 5.75. The zero-order valence-corrected chi connectivity index (χ0v) is 9.66. The third kappa shape index (κ3) is 4.51. The fraction of sp³-hybridized carbons (Fsp3) is 0.455. The van der Waals surface area contributed by atoms with Gasteiger partial charge in [-0.05, 0) is 38.1 Å². The molecule has 0 saturated carbocycles. The molecular formula is C11H15ClO3. The van der Waals surface area contributed by atoms with E-state index in [0.717, 1.165) is 0 Å². The summed E-state index contributed by atoms with van der Waals surface area (Å²) in [6.45, 7) is 4.20. The Morgan fingerprint density at radius 2 is 1.60 bits per heavy atom. The van der Waals surface area contributed by atoms with Crippen molar-refractivity contribution >= 4 is 11.6 Å². The Labute approximate surface area is 94.9 Å². The lowest BCUT2D eigenvalue weighted by Crippen LogP contribution is -2.24. The fourth-order valence-electron chi connectivity index (χ4n) is 1.01. The zero-order valence-electron chi connectivity index (χ0n) is 8.90. The van der Waals surface area contributed by atoms with E-state index >= 15 is 0 Å². The summed E-state index contributed by atoms with van der Waals surface area (Å²) in [5, 5.41) is 0.673. The van der Waals surface area contributed by atoms with E-state index < -0.39 is 6.48 Å². The lowest BCUT2D eigenvalue weighted by molar-refractivity contribution is -0.242. The molecular weight excluding hydrogens is 216 g/mol. The van der Waals surface area contributed by atoms with Gasteiger partial charge in [0.15, 0.2) is 0 Å². The summed E-state index contributed by atoms with van der Waals surface area (Å²) in [5.74, 6) is 0.673. The molecule has 0 aliphatic rings. The molecule has 84 valence electrons. The van der Waals surface area contributed by atoms with E-state index in [1.165, 1.54) is 0 Å². The van der Waals surface area contributed by atoms with Crippen LogP contribution in [0.1, 0.15) is 13.8 Å². The van der Waals surface area contributed by atoms with E-state index in [9.17, 15) is 0 Å². The van der Waals surface area contributed by atoms with Gasteiger partial charge in [-0.25, -0.2) is 0 Å². The molecule has 0 heterocycles. The van der Waals surface area contributed by atoms with E-state index in [2.05, 4.69) is 0 Å². The second-order valence-corrected chi connectivity index (χ2v) is 3.21. The van der Waals surface area contributed by atoms with Crippen LogP contribution in [0.4, 0.5) is 0 Å². The van der Waals surface area contributed by atoms with Crippen LogP contribution in [0.15, 0.2) is 24.3 Å². The predicted octanol–water partition coefficient (Wildman–Crippen LogP) is 3.08. The minimum Gasteiger partial charge on any atom is -0.441 e. The highest BCUT2D eigenvalue weighted by molar-refractivity contribution is 6.30. The first-order valence-electron chi connectivity index (χ1n) is 4.91. The minimum atomic E-state index is -0.652. The smallest absolute Gasteiger partial charge is 0.315 e. The van der Waals surface area contributed by atoms with Crippen molar-refractivity contribution in [2.75, 3.05) is 13.2 Å². The monoisotopic (exact) mass is 230 g/mol. The highest BCUT2D eigenvalue weighted by atomic mass is 35.5. The molecule has 4 heteroatoms. The van der Waals surface area contributed by atoms with Gasteiger partial charge in [-0.2, -0.15) is 0 Å². The number of rotatable bonds is 6. The maximum Gasteiger partial charge on any atom is 0.315 e. The molecule has 1 rings (SSSR count). The molecule has 0 aromatic heterocycles. The Bertz CT molecular complexity index is 268. The number of hydrogen-bond acceptors (Lipinski definition) is 3. The van der Waals surface area contributed by atoms with Crippen LogP contribution in [0.2, 0.25) is 5.02 Å². The summed E-state index contributed by atoms with van der Waals surface area (Å²) in [6.07, 6.45) is 0. The standard InChI is InChI=1S/C11H15ClO3/c1-3-13-11(14-4-2)15-10-7-5-9(12)6-8-10/h5-8,11H,3-4H2,1-2H3. The van der Waals surface area contributed by atoms with E-state index in [4.69, 9.17) is 25.8 Å². The van der Waals surface area contributed by atoms with Crippen molar-refractivity contribution in [3.05, 3.63) is 29.3 Å². The molecule has 0 amide bonds. The molecule has 0 bridgehead atoms. The van der Waals surface area contributed by atoms with Crippen molar-refractivity contribution in [2.24, 2.45) is 0 Å². The van der Waals surface area contributed by atoms with Gasteiger partial charge in [-0.15, -0.1) is 0 Å². The molecule has 0 spiro atoms. The Balaban J connectivity index is 2.53. The van der Waals surface area contributed by atoms with Crippen molar-refractivity contribution in [3.63, 3.8) is 0 Å². The molecule has 3 nitrogen and oxygen atoms in total. The Morgan fingerprint density at radius 3 is 2.07 bits per heavy atom. The highest BCUT2D eigenvalue weighted by Gasteiger charge is 2.08. The lowest BCUT2D eigenvalue weighted by Gasteiger charge is -2.17. The molecule has 0 atom stereocenters. The zero-order chi connectivity index (χ0) is 11.1. The number of ether oxygens (including phenoxy) is 3. The van der Waals surface area contributed by atoms with Gasteiger partial charge in [-0.1, -0.05) is 11.6 Å².